The Kier molecular flexibility index (Phi) is 6.34. The minimum atomic E-state index is 0.679. The molecule has 0 radical (unpaired) electrons. The molecular weight excluding hydrogens is 250 g/mol. The Morgan fingerprint density at radius 2 is 2.15 bits per heavy atom. The van der Waals surface area contributed by atoms with Crippen LogP contribution in [0, 0.1) is 5.92 Å². The van der Waals surface area contributed by atoms with Crippen molar-refractivity contribution in [3.63, 3.8) is 0 Å². The molecule has 0 aliphatic heterocycles. The van der Waals surface area contributed by atoms with Crippen LogP contribution in [0.5, 0.6) is 5.75 Å². The number of hydrogen-bond donors (Lipinski definition) is 1. The maximum Gasteiger partial charge on any atom is 0.119 e. The first-order chi connectivity index (χ1) is 9.81. The number of hydrogen-bond acceptors (Lipinski definition) is 3. The minimum absolute atomic E-state index is 0.679. The van der Waals surface area contributed by atoms with E-state index in [0.717, 1.165) is 37.8 Å². The fourth-order valence-corrected chi connectivity index (χ4v) is 2.55. The molecule has 0 aromatic heterocycles. The number of rotatable bonds is 10. The SMILES string of the molecule is COCCCC(CNC1CC1)Cc1cccc(OC)c1. The Bertz CT molecular complexity index is 390. The Morgan fingerprint density at radius 1 is 1.30 bits per heavy atom. The lowest BCUT2D eigenvalue weighted by Gasteiger charge is -2.18. The van der Waals surface area contributed by atoms with Gasteiger partial charge in [-0.15, -0.1) is 0 Å². The van der Waals surface area contributed by atoms with Crippen molar-refractivity contribution in [3.05, 3.63) is 29.8 Å². The van der Waals surface area contributed by atoms with E-state index in [1.165, 1.54) is 24.8 Å². The molecule has 1 aliphatic carbocycles. The molecule has 0 bridgehead atoms. The third-order valence-corrected chi connectivity index (χ3v) is 3.89. The van der Waals surface area contributed by atoms with E-state index < -0.39 is 0 Å². The van der Waals surface area contributed by atoms with E-state index in [1.807, 2.05) is 6.07 Å². The van der Waals surface area contributed by atoms with Gasteiger partial charge in [0.15, 0.2) is 0 Å². The van der Waals surface area contributed by atoms with Gasteiger partial charge in [0.05, 0.1) is 7.11 Å². The molecule has 1 unspecified atom stereocenters. The van der Waals surface area contributed by atoms with Crippen LogP contribution in [0.25, 0.3) is 0 Å². The Balaban J connectivity index is 1.85. The highest BCUT2D eigenvalue weighted by Gasteiger charge is 2.22. The van der Waals surface area contributed by atoms with Gasteiger partial charge in [-0.3, -0.25) is 0 Å². The van der Waals surface area contributed by atoms with Crippen LogP contribution in [0.2, 0.25) is 0 Å². The molecule has 112 valence electrons. The average Bonchev–Trinajstić information content (AvgIpc) is 3.29. The van der Waals surface area contributed by atoms with E-state index in [2.05, 4.69) is 23.5 Å². The molecule has 1 N–H and O–H groups in total. The standard InChI is InChI=1S/C17H27NO2/c1-19-10-4-6-15(13-18-16-8-9-16)11-14-5-3-7-17(12-14)20-2/h3,5,7,12,15-16,18H,4,6,8-11,13H2,1-2H3. The highest BCUT2D eigenvalue weighted by atomic mass is 16.5. The predicted octanol–water partition coefficient (Wildman–Crippen LogP) is 3.03. The van der Waals surface area contributed by atoms with Gasteiger partial charge in [-0.1, -0.05) is 12.1 Å². The van der Waals surface area contributed by atoms with Crippen molar-refractivity contribution in [1.82, 2.24) is 5.32 Å². The summed E-state index contributed by atoms with van der Waals surface area (Å²) in [6.07, 6.45) is 6.16. The Hall–Kier alpha value is -1.06. The van der Waals surface area contributed by atoms with Gasteiger partial charge in [0, 0.05) is 19.8 Å². The van der Waals surface area contributed by atoms with Crippen LogP contribution in [0.3, 0.4) is 0 Å². The fraction of sp³-hybridized carbons (Fsp3) is 0.647. The van der Waals surface area contributed by atoms with Crippen molar-refractivity contribution < 1.29 is 9.47 Å². The van der Waals surface area contributed by atoms with Gasteiger partial charge in [-0.05, 0) is 62.3 Å². The Morgan fingerprint density at radius 3 is 2.85 bits per heavy atom. The molecule has 1 saturated carbocycles. The zero-order valence-corrected chi connectivity index (χ0v) is 12.7. The first-order valence-corrected chi connectivity index (χ1v) is 7.67. The maximum absolute atomic E-state index is 5.31. The van der Waals surface area contributed by atoms with Crippen LogP contribution in [-0.4, -0.2) is 33.4 Å². The topological polar surface area (TPSA) is 30.5 Å². The molecule has 2 rings (SSSR count). The molecule has 1 aromatic rings. The van der Waals surface area contributed by atoms with Crippen LogP contribution < -0.4 is 10.1 Å². The average molecular weight is 277 g/mol. The summed E-state index contributed by atoms with van der Waals surface area (Å²) in [5.41, 5.74) is 1.37. The molecule has 1 atom stereocenters. The fourth-order valence-electron chi connectivity index (χ4n) is 2.55. The lowest BCUT2D eigenvalue weighted by atomic mass is 9.94. The van der Waals surface area contributed by atoms with Crippen LogP contribution in [0.1, 0.15) is 31.2 Å². The van der Waals surface area contributed by atoms with Gasteiger partial charge in [0.1, 0.15) is 5.75 Å². The van der Waals surface area contributed by atoms with Gasteiger partial charge in [0.25, 0.3) is 0 Å². The molecule has 0 amide bonds. The van der Waals surface area contributed by atoms with Crippen LogP contribution in [0.4, 0.5) is 0 Å². The predicted molar refractivity (Wildman–Crippen MR) is 82.3 cm³/mol. The third-order valence-electron chi connectivity index (χ3n) is 3.89. The summed E-state index contributed by atoms with van der Waals surface area (Å²) in [4.78, 5) is 0. The molecule has 3 heteroatoms. The monoisotopic (exact) mass is 277 g/mol. The van der Waals surface area contributed by atoms with Crippen molar-refractivity contribution in [3.8, 4) is 5.75 Å². The van der Waals surface area contributed by atoms with Gasteiger partial charge in [0.2, 0.25) is 0 Å². The number of ether oxygens (including phenoxy) is 2. The van der Waals surface area contributed by atoms with E-state index in [9.17, 15) is 0 Å². The highest BCUT2D eigenvalue weighted by molar-refractivity contribution is 5.28. The van der Waals surface area contributed by atoms with Gasteiger partial charge >= 0.3 is 0 Å². The molecule has 0 spiro atoms. The smallest absolute Gasteiger partial charge is 0.119 e. The van der Waals surface area contributed by atoms with E-state index in [4.69, 9.17) is 9.47 Å². The molecule has 0 saturated heterocycles. The summed E-state index contributed by atoms with van der Waals surface area (Å²) in [6.45, 7) is 1.98. The summed E-state index contributed by atoms with van der Waals surface area (Å²) >= 11 is 0. The molecular formula is C17H27NO2. The van der Waals surface area contributed by atoms with Crippen LogP contribution in [0.15, 0.2) is 24.3 Å². The number of methoxy groups -OCH3 is 2. The largest absolute Gasteiger partial charge is 0.497 e. The summed E-state index contributed by atoms with van der Waals surface area (Å²) in [5.74, 6) is 1.63. The summed E-state index contributed by atoms with van der Waals surface area (Å²) < 4.78 is 10.5. The van der Waals surface area contributed by atoms with Crippen molar-refractivity contribution in [2.24, 2.45) is 5.92 Å². The summed E-state index contributed by atoms with van der Waals surface area (Å²) in [7, 11) is 3.50. The second kappa shape index (κ2) is 8.28. The van der Waals surface area contributed by atoms with E-state index in [0.29, 0.717) is 5.92 Å². The molecule has 1 aliphatic rings. The molecule has 3 nitrogen and oxygen atoms in total. The van der Waals surface area contributed by atoms with Crippen molar-refractivity contribution in [1.29, 1.82) is 0 Å². The first-order valence-electron chi connectivity index (χ1n) is 7.67. The van der Waals surface area contributed by atoms with E-state index in [-0.39, 0.29) is 0 Å². The number of nitrogens with one attached hydrogen (secondary N) is 1. The third kappa shape index (κ3) is 5.51. The lowest BCUT2D eigenvalue weighted by Crippen LogP contribution is -2.26. The second-order valence-corrected chi connectivity index (χ2v) is 5.74. The first kappa shape index (κ1) is 15.3. The van der Waals surface area contributed by atoms with Crippen LogP contribution in [-0.2, 0) is 11.2 Å². The van der Waals surface area contributed by atoms with Crippen molar-refractivity contribution in [2.45, 2.75) is 38.1 Å². The minimum Gasteiger partial charge on any atom is -0.497 e. The highest BCUT2D eigenvalue weighted by Crippen LogP contribution is 2.22. The molecule has 1 aromatic carbocycles. The lowest BCUT2D eigenvalue weighted by molar-refractivity contribution is 0.186. The molecule has 1 fully saturated rings. The Labute approximate surface area is 122 Å². The zero-order valence-electron chi connectivity index (χ0n) is 12.7. The zero-order chi connectivity index (χ0) is 14.2. The van der Waals surface area contributed by atoms with Crippen molar-refractivity contribution >= 4 is 0 Å². The van der Waals surface area contributed by atoms with E-state index in [1.54, 1.807) is 14.2 Å². The van der Waals surface area contributed by atoms with Gasteiger partial charge in [-0.2, -0.15) is 0 Å². The van der Waals surface area contributed by atoms with E-state index >= 15 is 0 Å². The summed E-state index contributed by atoms with van der Waals surface area (Å²) in [5, 5.41) is 3.66. The number of benzene rings is 1. The van der Waals surface area contributed by atoms with Gasteiger partial charge in [-0.25, -0.2) is 0 Å². The normalized spacial score (nSPS) is 16.1. The van der Waals surface area contributed by atoms with Crippen molar-refractivity contribution in [2.75, 3.05) is 27.4 Å². The maximum atomic E-state index is 5.31. The molecule has 0 heterocycles. The quantitative estimate of drug-likeness (QED) is 0.667. The van der Waals surface area contributed by atoms with Crippen LogP contribution >= 0.6 is 0 Å². The van der Waals surface area contributed by atoms with Gasteiger partial charge < -0.3 is 14.8 Å². The summed E-state index contributed by atoms with van der Waals surface area (Å²) in [6, 6.07) is 9.22. The molecule has 20 heavy (non-hydrogen) atoms. The second-order valence-electron chi connectivity index (χ2n) is 5.74.